The van der Waals surface area contributed by atoms with Crippen molar-refractivity contribution in [1.29, 1.82) is 0 Å². The van der Waals surface area contributed by atoms with Crippen LogP contribution in [0.1, 0.15) is 18.1 Å². The zero-order chi connectivity index (χ0) is 22.9. The fourth-order valence-corrected chi connectivity index (χ4v) is 3.30. The van der Waals surface area contributed by atoms with Gasteiger partial charge >= 0.3 is 0 Å². The second kappa shape index (κ2) is 11.6. The predicted molar refractivity (Wildman–Crippen MR) is 127 cm³/mol. The van der Waals surface area contributed by atoms with E-state index in [1.54, 1.807) is 43.3 Å². The number of amides is 2. The summed E-state index contributed by atoms with van der Waals surface area (Å²) in [5.41, 5.74) is 1.78. The molecule has 0 saturated carbocycles. The molecule has 1 N–H and O–H groups in total. The molecule has 0 aliphatic rings. The van der Waals surface area contributed by atoms with E-state index in [-0.39, 0.29) is 25.0 Å². The SMILES string of the molecule is CC(C(=O)NCc1ccc(Cl)cc1)N(Cc1ccc(Cl)cc1)C(=O)COc1ccccc1. The number of para-hydroxylation sites is 1. The van der Waals surface area contributed by atoms with Gasteiger partial charge in [-0.3, -0.25) is 9.59 Å². The first-order valence-electron chi connectivity index (χ1n) is 10.2. The summed E-state index contributed by atoms with van der Waals surface area (Å²) in [6.07, 6.45) is 0. The highest BCUT2D eigenvalue weighted by molar-refractivity contribution is 6.30. The van der Waals surface area contributed by atoms with Crippen LogP contribution in [0.5, 0.6) is 5.75 Å². The van der Waals surface area contributed by atoms with Gasteiger partial charge in [-0.1, -0.05) is 65.7 Å². The first kappa shape index (κ1) is 23.6. The zero-order valence-electron chi connectivity index (χ0n) is 17.6. The molecular weight excluding hydrogens is 447 g/mol. The van der Waals surface area contributed by atoms with Gasteiger partial charge in [0.1, 0.15) is 11.8 Å². The number of hydrogen-bond acceptors (Lipinski definition) is 3. The second-order valence-corrected chi connectivity index (χ2v) is 8.14. The van der Waals surface area contributed by atoms with Crippen LogP contribution in [0.25, 0.3) is 0 Å². The van der Waals surface area contributed by atoms with Crippen molar-refractivity contribution in [2.75, 3.05) is 6.61 Å². The van der Waals surface area contributed by atoms with Crippen molar-refractivity contribution >= 4 is 35.0 Å². The van der Waals surface area contributed by atoms with Crippen molar-refractivity contribution < 1.29 is 14.3 Å². The van der Waals surface area contributed by atoms with Crippen LogP contribution in [0.2, 0.25) is 10.0 Å². The molecule has 0 fully saturated rings. The summed E-state index contributed by atoms with van der Waals surface area (Å²) < 4.78 is 5.62. The smallest absolute Gasteiger partial charge is 0.261 e. The van der Waals surface area contributed by atoms with Crippen molar-refractivity contribution in [3.05, 3.63) is 100 Å². The maximum absolute atomic E-state index is 13.0. The molecule has 5 nitrogen and oxygen atoms in total. The summed E-state index contributed by atoms with van der Waals surface area (Å²) in [6.45, 7) is 2.12. The first-order valence-corrected chi connectivity index (χ1v) is 10.9. The van der Waals surface area contributed by atoms with Crippen LogP contribution in [-0.2, 0) is 22.7 Å². The van der Waals surface area contributed by atoms with Gasteiger partial charge in [-0.05, 0) is 54.4 Å². The third-order valence-corrected chi connectivity index (χ3v) is 5.42. The van der Waals surface area contributed by atoms with Crippen molar-refractivity contribution in [1.82, 2.24) is 10.2 Å². The lowest BCUT2D eigenvalue weighted by Gasteiger charge is -2.28. The van der Waals surface area contributed by atoms with Crippen LogP contribution in [-0.4, -0.2) is 29.4 Å². The molecule has 0 heterocycles. The van der Waals surface area contributed by atoms with Crippen LogP contribution >= 0.6 is 23.2 Å². The maximum Gasteiger partial charge on any atom is 0.261 e. The van der Waals surface area contributed by atoms with E-state index in [0.29, 0.717) is 22.3 Å². The molecule has 0 radical (unpaired) electrons. The second-order valence-electron chi connectivity index (χ2n) is 7.27. The van der Waals surface area contributed by atoms with E-state index in [1.807, 2.05) is 42.5 Å². The van der Waals surface area contributed by atoms with Gasteiger partial charge < -0.3 is 15.0 Å². The van der Waals surface area contributed by atoms with Crippen LogP contribution in [0, 0.1) is 0 Å². The number of carbonyl (C=O) groups excluding carboxylic acids is 2. The van der Waals surface area contributed by atoms with Crippen molar-refractivity contribution in [3.63, 3.8) is 0 Å². The Morgan fingerprint density at radius 3 is 2.03 bits per heavy atom. The molecule has 7 heteroatoms. The minimum atomic E-state index is -0.704. The Kier molecular flexibility index (Phi) is 8.54. The number of carbonyl (C=O) groups is 2. The Morgan fingerprint density at radius 1 is 0.875 bits per heavy atom. The molecule has 3 rings (SSSR count). The minimum absolute atomic E-state index is 0.174. The molecule has 0 aromatic heterocycles. The lowest BCUT2D eigenvalue weighted by Crippen LogP contribution is -2.48. The van der Waals surface area contributed by atoms with Gasteiger partial charge in [0.25, 0.3) is 5.91 Å². The van der Waals surface area contributed by atoms with Crippen LogP contribution < -0.4 is 10.1 Å². The molecule has 3 aromatic carbocycles. The van der Waals surface area contributed by atoms with E-state index in [2.05, 4.69) is 5.32 Å². The monoisotopic (exact) mass is 470 g/mol. The highest BCUT2D eigenvalue weighted by Gasteiger charge is 2.26. The zero-order valence-corrected chi connectivity index (χ0v) is 19.1. The molecule has 1 unspecified atom stereocenters. The number of ether oxygens (including phenoxy) is 1. The highest BCUT2D eigenvalue weighted by Crippen LogP contribution is 2.15. The fourth-order valence-electron chi connectivity index (χ4n) is 3.05. The van der Waals surface area contributed by atoms with Gasteiger partial charge in [0.05, 0.1) is 0 Å². The molecule has 3 aromatic rings. The third kappa shape index (κ3) is 7.01. The molecule has 2 amide bonds. The van der Waals surface area contributed by atoms with E-state index < -0.39 is 6.04 Å². The van der Waals surface area contributed by atoms with Gasteiger partial charge in [0, 0.05) is 23.1 Å². The van der Waals surface area contributed by atoms with E-state index in [0.717, 1.165) is 11.1 Å². The van der Waals surface area contributed by atoms with E-state index in [9.17, 15) is 9.59 Å². The molecule has 1 atom stereocenters. The summed E-state index contributed by atoms with van der Waals surface area (Å²) in [6, 6.07) is 22.8. The highest BCUT2D eigenvalue weighted by atomic mass is 35.5. The quantitative estimate of drug-likeness (QED) is 0.472. The normalized spacial score (nSPS) is 11.5. The number of nitrogens with one attached hydrogen (secondary N) is 1. The molecular formula is C25H24Cl2N2O3. The molecule has 0 aliphatic carbocycles. The summed E-state index contributed by atoms with van der Waals surface area (Å²) in [5.74, 6) is 0.0343. The Hall–Kier alpha value is -3.02. The Bertz CT molecular complexity index is 1030. The molecule has 0 spiro atoms. The molecule has 32 heavy (non-hydrogen) atoms. The van der Waals surface area contributed by atoms with Crippen molar-refractivity contribution in [3.8, 4) is 5.75 Å². The van der Waals surface area contributed by atoms with E-state index in [1.165, 1.54) is 4.90 Å². The number of rotatable bonds is 9. The molecule has 0 saturated heterocycles. The number of benzene rings is 3. The maximum atomic E-state index is 13.0. The van der Waals surface area contributed by atoms with E-state index in [4.69, 9.17) is 27.9 Å². The average molecular weight is 471 g/mol. The number of halogens is 2. The van der Waals surface area contributed by atoms with Crippen LogP contribution in [0.15, 0.2) is 78.9 Å². The van der Waals surface area contributed by atoms with Gasteiger partial charge in [0.15, 0.2) is 6.61 Å². The van der Waals surface area contributed by atoms with Crippen LogP contribution in [0.3, 0.4) is 0 Å². The molecule has 166 valence electrons. The molecule has 0 bridgehead atoms. The minimum Gasteiger partial charge on any atom is -0.484 e. The van der Waals surface area contributed by atoms with Gasteiger partial charge in [-0.15, -0.1) is 0 Å². The van der Waals surface area contributed by atoms with Crippen molar-refractivity contribution in [2.45, 2.75) is 26.1 Å². The number of nitrogens with zero attached hydrogens (tertiary/aromatic N) is 1. The van der Waals surface area contributed by atoms with E-state index >= 15 is 0 Å². The third-order valence-electron chi connectivity index (χ3n) is 4.92. The predicted octanol–water partition coefficient (Wildman–Crippen LogP) is 5.11. The summed E-state index contributed by atoms with van der Waals surface area (Å²) in [5, 5.41) is 4.12. The summed E-state index contributed by atoms with van der Waals surface area (Å²) >= 11 is 11.9. The average Bonchev–Trinajstić information content (AvgIpc) is 2.82. The van der Waals surface area contributed by atoms with Crippen molar-refractivity contribution in [2.24, 2.45) is 0 Å². The topological polar surface area (TPSA) is 58.6 Å². The summed E-state index contributed by atoms with van der Waals surface area (Å²) in [7, 11) is 0. The van der Waals surface area contributed by atoms with Crippen LogP contribution in [0.4, 0.5) is 0 Å². The lowest BCUT2D eigenvalue weighted by molar-refractivity contribution is -0.142. The standard InChI is InChI=1S/C25H24Cl2N2O3/c1-18(25(31)28-15-19-7-11-21(26)12-8-19)29(16-20-9-13-22(27)14-10-20)24(30)17-32-23-5-3-2-4-6-23/h2-14,18H,15-17H2,1H3,(H,28,31). The van der Waals surface area contributed by atoms with Gasteiger partial charge in [0.2, 0.25) is 5.91 Å². The lowest BCUT2D eigenvalue weighted by atomic mass is 10.1. The summed E-state index contributed by atoms with van der Waals surface area (Å²) in [4.78, 5) is 27.4. The van der Waals surface area contributed by atoms with Gasteiger partial charge in [-0.25, -0.2) is 0 Å². The Morgan fingerprint density at radius 2 is 1.44 bits per heavy atom. The molecule has 0 aliphatic heterocycles. The number of hydrogen-bond donors (Lipinski definition) is 1. The Labute approximate surface area is 197 Å². The fraction of sp³-hybridized carbons (Fsp3) is 0.200. The van der Waals surface area contributed by atoms with Gasteiger partial charge in [-0.2, -0.15) is 0 Å². The largest absolute Gasteiger partial charge is 0.484 e. The Balaban J connectivity index is 1.68. The first-order chi connectivity index (χ1) is 15.4.